The fraction of sp³-hybridized carbons (Fsp3) is 0.875. The predicted molar refractivity (Wildman–Crippen MR) is 44.0 cm³/mol. The van der Waals surface area contributed by atoms with Crippen molar-refractivity contribution in [2.24, 2.45) is 11.7 Å². The van der Waals surface area contributed by atoms with Crippen molar-refractivity contribution in [2.75, 3.05) is 19.6 Å². The highest BCUT2D eigenvalue weighted by molar-refractivity contribution is 5.78. The lowest BCUT2D eigenvalue weighted by atomic mass is 10.0. The molecule has 1 aliphatic rings. The van der Waals surface area contributed by atoms with Crippen molar-refractivity contribution in [1.29, 1.82) is 0 Å². The zero-order valence-electron chi connectivity index (χ0n) is 7.05. The summed E-state index contributed by atoms with van der Waals surface area (Å²) < 4.78 is 0. The van der Waals surface area contributed by atoms with Gasteiger partial charge in [-0.15, -0.1) is 0 Å². The van der Waals surface area contributed by atoms with Crippen LogP contribution in [0, 0.1) is 5.92 Å². The van der Waals surface area contributed by atoms with Crippen LogP contribution in [0.25, 0.3) is 0 Å². The minimum absolute atomic E-state index is 0.0940. The highest BCUT2D eigenvalue weighted by Crippen LogP contribution is 2.14. The largest absolute Gasteiger partial charge is 0.341 e. The topological polar surface area (TPSA) is 46.3 Å². The molecule has 64 valence electrons. The van der Waals surface area contributed by atoms with E-state index in [1.54, 1.807) is 0 Å². The lowest BCUT2D eigenvalue weighted by Gasteiger charge is -2.30. The molecule has 0 aromatic rings. The van der Waals surface area contributed by atoms with E-state index in [1.165, 1.54) is 6.42 Å². The molecule has 1 fully saturated rings. The second-order valence-electron chi connectivity index (χ2n) is 3.29. The molecule has 1 amide bonds. The number of amides is 1. The van der Waals surface area contributed by atoms with E-state index in [1.807, 2.05) is 4.90 Å². The van der Waals surface area contributed by atoms with Crippen LogP contribution >= 0.6 is 0 Å². The molecule has 3 nitrogen and oxygen atoms in total. The number of hydrogen-bond donors (Lipinski definition) is 1. The molecular formula is C8H16N2O. The molecule has 1 rings (SSSR count). The van der Waals surface area contributed by atoms with Crippen LogP contribution in [0.4, 0.5) is 0 Å². The second-order valence-corrected chi connectivity index (χ2v) is 3.29. The Balaban J connectivity index is 2.39. The van der Waals surface area contributed by atoms with E-state index in [9.17, 15) is 4.79 Å². The zero-order valence-corrected chi connectivity index (χ0v) is 7.05. The Morgan fingerprint density at radius 1 is 1.73 bits per heavy atom. The van der Waals surface area contributed by atoms with Gasteiger partial charge in [-0.05, 0) is 18.8 Å². The molecule has 0 bridgehead atoms. The number of nitrogens with zero attached hydrogens (tertiary/aromatic N) is 1. The highest BCUT2D eigenvalue weighted by atomic mass is 16.2. The first kappa shape index (κ1) is 8.53. The Morgan fingerprint density at radius 2 is 2.45 bits per heavy atom. The molecule has 0 spiro atoms. The SMILES string of the molecule is CC1CCCN(C(=O)CN)C1. The summed E-state index contributed by atoms with van der Waals surface area (Å²) >= 11 is 0. The summed E-state index contributed by atoms with van der Waals surface area (Å²) in [6.07, 6.45) is 2.38. The van der Waals surface area contributed by atoms with Gasteiger partial charge in [0.25, 0.3) is 0 Å². The summed E-state index contributed by atoms with van der Waals surface area (Å²) in [5.74, 6) is 0.746. The van der Waals surface area contributed by atoms with Gasteiger partial charge in [-0.2, -0.15) is 0 Å². The van der Waals surface area contributed by atoms with E-state index < -0.39 is 0 Å². The van der Waals surface area contributed by atoms with Crippen molar-refractivity contribution < 1.29 is 4.79 Å². The standard InChI is InChI=1S/C8H16N2O/c1-7-3-2-4-10(6-7)8(11)5-9/h7H,2-6,9H2,1H3. The number of carbonyl (C=O) groups excluding carboxylic acids is 1. The summed E-state index contributed by atoms with van der Waals surface area (Å²) in [7, 11) is 0. The number of rotatable bonds is 1. The minimum atomic E-state index is 0.0940. The lowest BCUT2D eigenvalue weighted by Crippen LogP contribution is -2.42. The Hall–Kier alpha value is -0.570. The number of hydrogen-bond acceptors (Lipinski definition) is 2. The molecular weight excluding hydrogens is 140 g/mol. The monoisotopic (exact) mass is 156 g/mol. The molecule has 0 saturated carbocycles. The quantitative estimate of drug-likeness (QED) is 0.589. The maximum absolute atomic E-state index is 11.1. The van der Waals surface area contributed by atoms with Crippen molar-refractivity contribution in [1.82, 2.24) is 4.90 Å². The van der Waals surface area contributed by atoms with Gasteiger partial charge in [0.15, 0.2) is 0 Å². The van der Waals surface area contributed by atoms with Crippen molar-refractivity contribution in [3.8, 4) is 0 Å². The Kier molecular flexibility index (Phi) is 2.88. The van der Waals surface area contributed by atoms with E-state index >= 15 is 0 Å². The Morgan fingerprint density at radius 3 is 3.00 bits per heavy atom. The number of carbonyl (C=O) groups is 1. The van der Waals surface area contributed by atoms with Gasteiger partial charge in [0.2, 0.25) is 5.91 Å². The van der Waals surface area contributed by atoms with E-state index in [4.69, 9.17) is 5.73 Å². The molecule has 11 heavy (non-hydrogen) atoms. The average Bonchev–Trinajstić information content (AvgIpc) is 2.03. The molecule has 0 radical (unpaired) electrons. The van der Waals surface area contributed by atoms with Gasteiger partial charge in [0, 0.05) is 13.1 Å². The third-order valence-electron chi connectivity index (χ3n) is 2.18. The van der Waals surface area contributed by atoms with Crippen molar-refractivity contribution in [3.63, 3.8) is 0 Å². The smallest absolute Gasteiger partial charge is 0.236 e. The fourth-order valence-corrected chi connectivity index (χ4v) is 1.55. The predicted octanol–water partition coefficient (Wildman–Crippen LogP) is 0.204. The first-order valence-corrected chi connectivity index (χ1v) is 4.22. The van der Waals surface area contributed by atoms with Crippen LogP contribution in [0.15, 0.2) is 0 Å². The Labute approximate surface area is 67.5 Å². The van der Waals surface area contributed by atoms with Gasteiger partial charge >= 0.3 is 0 Å². The maximum atomic E-state index is 11.1. The summed E-state index contributed by atoms with van der Waals surface area (Å²) in [5.41, 5.74) is 5.26. The third-order valence-corrected chi connectivity index (χ3v) is 2.18. The van der Waals surface area contributed by atoms with E-state index in [-0.39, 0.29) is 12.5 Å². The van der Waals surface area contributed by atoms with E-state index in [2.05, 4.69) is 6.92 Å². The maximum Gasteiger partial charge on any atom is 0.236 e. The van der Waals surface area contributed by atoms with Crippen LogP contribution < -0.4 is 5.73 Å². The molecule has 1 heterocycles. The van der Waals surface area contributed by atoms with Crippen molar-refractivity contribution >= 4 is 5.91 Å². The molecule has 1 saturated heterocycles. The summed E-state index contributed by atoms with van der Waals surface area (Å²) in [6.45, 7) is 4.14. The van der Waals surface area contributed by atoms with E-state index in [0.717, 1.165) is 19.5 Å². The first-order chi connectivity index (χ1) is 5.24. The second kappa shape index (κ2) is 3.72. The molecule has 0 aliphatic carbocycles. The van der Waals surface area contributed by atoms with Crippen LogP contribution in [-0.2, 0) is 4.79 Å². The van der Waals surface area contributed by atoms with Crippen molar-refractivity contribution in [2.45, 2.75) is 19.8 Å². The molecule has 1 aliphatic heterocycles. The van der Waals surface area contributed by atoms with Crippen LogP contribution in [-0.4, -0.2) is 30.4 Å². The van der Waals surface area contributed by atoms with Crippen molar-refractivity contribution in [3.05, 3.63) is 0 Å². The minimum Gasteiger partial charge on any atom is -0.341 e. The third kappa shape index (κ3) is 2.19. The molecule has 1 atom stereocenters. The number of likely N-dealkylation sites (tertiary alicyclic amines) is 1. The summed E-state index contributed by atoms with van der Waals surface area (Å²) in [6, 6.07) is 0. The van der Waals surface area contributed by atoms with E-state index in [0.29, 0.717) is 5.92 Å². The van der Waals surface area contributed by atoms with Crippen LogP contribution in [0.3, 0.4) is 0 Å². The van der Waals surface area contributed by atoms with Gasteiger partial charge < -0.3 is 10.6 Å². The number of piperidine rings is 1. The Bertz CT molecular complexity index is 147. The highest BCUT2D eigenvalue weighted by Gasteiger charge is 2.19. The molecule has 3 heteroatoms. The molecule has 1 unspecified atom stereocenters. The summed E-state index contributed by atoms with van der Waals surface area (Å²) in [4.78, 5) is 13.0. The summed E-state index contributed by atoms with van der Waals surface area (Å²) in [5, 5.41) is 0. The van der Waals surface area contributed by atoms with Gasteiger partial charge in [0.1, 0.15) is 0 Å². The zero-order chi connectivity index (χ0) is 8.27. The van der Waals surface area contributed by atoms with Crippen LogP contribution in [0.5, 0.6) is 0 Å². The first-order valence-electron chi connectivity index (χ1n) is 4.22. The lowest BCUT2D eigenvalue weighted by molar-refractivity contribution is -0.131. The van der Waals surface area contributed by atoms with Gasteiger partial charge in [0.05, 0.1) is 6.54 Å². The fourth-order valence-electron chi connectivity index (χ4n) is 1.55. The molecule has 0 aromatic carbocycles. The average molecular weight is 156 g/mol. The molecule has 2 N–H and O–H groups in total. The van der Waals surface area contributed by atoms with Gasteiger partial charge in [-0.1, -0.05) is 6.92 Å². The van der Waals surface area contributed by atoms with Crippen LogP contribution in [0.1, 0.15) is 19.8 Å². The molecule has 0 aromatic heterocycles. The van der Waals surface area contributed by atoms with Crippen LogP contribution in [0.2, 0.25) is 0 Å². The normalized spacial score (nSPS) is 25.3. The van der Waals surface area contributed by atoms with Gasteiger partial charge in [-0.3, -0.25) is 4.79 Å². The number of nitrogens with two attached hydrogens (primary N) is 1. The van der Waals surface area contributed by atoms with Gasteiger partial charge in [-0.25, -0.2) is 0 Å².